The number of nitrogens with two attached hydrogens (primary N) is 1. The van der Waals surface area contributed by atoms with Crippen LogP contribution in [0.2, 0.25) is 10.0 Å². The molecule has 0 spiro atoms. The lowest BCUT2D eigenvalue weighted by molar-refractivity contribution is 0.101. The Morgan fingerprint density at radius 3 is 2.57 bits per heavy atom. The van der Waals surface area contributed by atoms with Gasteiger partial charge in [0.15, 0.2) is 17.4 Å². The third kappa shape index (κ3) is 3.80. The van der Waals surface area contributed by atoms with E-state index in [4.69, 9.17) is 29.0 Å². The van der Waals surface area contributed by atoms with Crippen molar-refractivity contribution in [3.63, 3.8) is 0 Å². The molecular formula is C18H17Cl2N5O2S. The van der Waals surface area contributed by atoms with Gasteiger partial charge in [-0.05, 0) is 44.5 Å². The smallest absolute Gasteiger partial charge is 0.210 e. The van der Waals surface area contributed by atoms with Crippen molar-refractivity contribution in [1.82, 2.24) is 19.9 Å². The second-order valence-electron chi connectivity index (χ2n) is 6.19. The maximum atomic E-state index is 12.6. The number of H-pyrrole nitrogens is 1. The van der Waals surface area contributed by atoms with Crippen LogP contribution in [0, 0.1) is 13.8 Å². The molecule has 3 aromatic rings. The number of aromatic amines is 1. The lowest BCUT2D eigenvalue weighted by atomic mass is 10.1. The summed E-state index contributed by atoms with van der Waals surface area (Å²) in [6, 6.07) is 4.97. The van der Waals surface area contributed by atoms with E-state index in [1.807, 2.05) is 0 Å². The number of nitrogens with one attached hydrogen (secondary N) is 1. The zero-order valence-corrected chi connectivity index (χ0v) is 17.7. The van der Waals surface area contributed by atoms with Gasteiger partial charge in [0.05, 0.1) is 16.5 Å². The Morgan fingerprint density at radius 1 is 1.25 bits per heavy atom. The third-order valence-electron chi connectivity index (χ3n) is 4.24. The number of thioether (sulfide) groups is 1. The van der Waals surface area contributed by atoms with Gasteiger partial charge >= 0.3 is 0 Å². The van der Waals surface area contributed by atoms with Gasteiger partial charge in [-0.2, -0.15) is 0 Å². The van der Waals surface area contributed by atoms with Crippen molar-refractivity contribution in [1.29, 1.82) is 0 Å². The van der Waals surface area contributed by atoms with E-state index in [0.29, 0.717) is 49.1 Å². The van der Waals surface area contributed by atoms with Gasteiger partial charge in [-0.3, -0.25) is 9.59 Å². The van der Waals surface area contributed by atoms with Crippen molar-refractivity contribution in [3.05, 3.63) is 50.8 Å². The molecule has 3 N–H and O–H groups in total. The molecule has 3 rings (SSSR count). The minimum absolute atomic E-state index is 0.0795. The van der Waals surface area contributed by atoms with Gasteiger partial charge in [-0.15, -0.1) is 10.2 Å². The molecule has 0 aliphatic rings. The molecule has 2 aromatic heterocycles. The van der Waals surface area contributed by atoms with Crippen molar-refractivity contribution >= 4 is 46.5 Å². The Labute approximate surface area is 175 Å². The van der Waals surface area contributed by atoms with Crippen molar-refractivity contribution in [2.75, 3.05) is 11.6 Å². The molecule has 0 radical (unpaired) electrons. The summed E-state index contributed by atoms with van der Waals surface area (Å²) in [6.45, 7) is 5.00. The van der Waals surface area contributed by atoms with Crippen LogP contribution in [-0.4, -0.2) is 37.2 Å². The van der Waals surface area contributed by atoms with Crippen LogP contribution in [0.15, 0.2) is 23.4 Å². The van der Waals surface area contributed by atoms with Crippen LogP contribution in [0.5, 0.6) is 0 Å². The lowest BCUT2D eigenvalue weighted by Gasteiger charge is -2.05. The van der Waals surface area contributed by atoms with Gasteiger partial charge in [0.2, 0.25) is 5.16 Å². The van der Waals surface area contributed by atoms with E-state index in [-0.39, 0.29) is 17.3 Å². The molecular weight excluding hydrogens is 421 g/mol. The Kier molecular flexibility index (Phi) is 5.83. The topological polar surface area (TPSA) is 107 Å². The zero-order valence-electron chi connectivity index (χ0n) is 15.3. The molecule has 0 unspecified atom stereocenters. The zero-order chi connectivity index (χ0) is 20.6. The number of aryl methyl sites for hydroxylation is 1. The number of halogens is 2. The summed E-state index contributed by atoms with van der Waals surface area (Å²) < 4.78 is 1.28. The van der Waals surface area contributed by atoms with Gasteiger partial charge in [-0.1, -0.05) is 35.0 Å². The monoisotopic (exact) mass is 437 g/mol. The van der Waals surface area contributed by atoms with Crippen LogP contribution in [0.1, 0.15) is 39.0 Å². The molecule has 0 atom stereocenters. The summed E-state index contributed by atoms with van der Waals surface area (Å²) in [5, 5.41) is 9.36. The van der Waals surface area contributed by atoms with Crippen LogP contribution in [0.3, 0.4) is 0 Å². The maximum absolute atomic E-state index is 12.6. The number of hydrogen-bond donors (Lipinski definition) is 2. The first-order valence-electron chi connectivity index (χ1n) is 8.22. The minimum atomic E-state index is -0.160. The molecule has 0 aliphatic carbocycles. The number of rotatable bonds is 6. The second-order valence-corrected chi connectivity index (χ2v) is 7.98. The maximum Gasteiger partial charge on any atom is 0.210 e. The Balaban J connectivity index is 1.79. The Hall–Kier alpha value is -2.29. The number of Topliss-reactive ketones (excluding diaryl/α,β-unsaturated/α-hetero) is 2. The Morgan fingerprint density at radius 2 is 1.96 bits per heavy atom. The summed E-state index contributed by atoms with van der Waals surface area (Å²) in [7, 11) is 0. The molecule has 0 fully saturated rings. The number of benzene rings is 1. The number of carbonyl (C=O) groups is 2. The van der Waals surface area contributed by atoms with E-state index in [9.17, 15) is 9.59 Å². The molecule has 0 aliphatic heterocycles. The second kappa shape index (κ2) is 7.98. The van der Waals surface area contributed by atoms with Gasteiger partial charge in [-0.25, -0.2) is 4.68 Å². The highest BCUT2D eigenvalue weighted by Gasteiger charge is 2.21. The standard InChI is InChI=1S/C18H17Cl2N5O2S/c1-8-15(10(3)26)9(2)22-16(8)14(27)7-28-18-24-23-17(25(18)21)12-5-4-11(19)6-13(12)20/h4-6,22H,7,21H2,1-3H3. The van der Waals surface area contributed by atoms with E-state index in [0.717, 1.165) is 11.8 Å². The molecule has 7 nitrogen and oxygen atoms in total. The highest BCUT2D eigenvalue weighted by Crippen LogP contribution is 2.30. The first-order valence-corrected chi connectivity index (χ1v) is 9.96. The summed E-state index contributed by atoms with van der Waals surface area (Å²) in [5.74, 6) is 6.29. The fourth-order valence-electron chi connectivity index (χ4n) is 2.99. The van der Waals surface area contributed by atoms with Crippen LogP contribution < -0.4 is 5.84 Å². The van der Waals surface area contributed by atoms with Crippen molar-refractivity contribution in [2.24, 2.45) is 0 Å². The quantitative estimate of drug-likeness (QED) is 0.341. The van der Waals surface area contributed by atoms with E-state index >= 15 is 0 Å². The minimum Gasteiger partial charge on any atom is -0.355 e. The predicted molar refractivity (Wildman–Crippen MR) is 111 cm³/mol. The fourth-order valence-corrected chi connectivity index (χ4v) is 4.21. The van der Waals surface area contributed by atoms with Crippen LogP contribution in [-0.2, 0) is 0 Å². The van der Waals surface area contributed by atoms with E-state index in [1.165, 1.54) is 11.6 Å². The molecule has 2 heterocycles. The average Bonchev–Trinajstić information content (AvgIpc) is 3.12. The molecule has 1 aromatic carbocycles. The molecule has 146 valence electrons. The number of hydrogen-bond acceptors (Lipinski definition) is 6. The highest BCUT2D eigenvalue weighted by molar-refractivity contribution is 7.99. The summed E-state index contributed by atoms with van der Waals surface area (Å²) in [4.78, 5) is 27.3. The third-order valence-corrected chi connectivity index (χ3v) is 5.73. The average molecular weight is 438 g/mol. The number of carbonyl (C=O) groups excluding carboxylic acids is 2. The Bertz CT molecular complexity index is 1090. The molecule has 0 bridgehead atoms. The summed E-state index contributed by atoms with van der Waals surface area (Å²) in [6.07, 6.45) is 0. The van der Waals surface area contributed by atoms with Crippen LogP contribution in [0.4, 0.5) is 0 Å². The van der Waals surface area contributed by atoms with Crippen molar-refractivity contribution in [3.8, 4) is 11.4 Å². The van der Waals surface area contributed by atoms with Crippen LogP contribution >= 0.6 is 35.0 Å². The molecule has 28 heavy (non-hydrogen) atoms. The molecule has 0 amide bonds. The van der Waals surface area contributed by atoms with Gasteiger partial charge < -0.3 is 10.8 Å². The normalized spacial score (nSPS) is 11.0. The van der Waals surface area contributed by atoms with E-state index < -0.39 is 0 Å². The van der Waals surface area contributed by atoms with Gasteiger partial charge in [0.25, 0.3) is 0 Å². The van der Waals surface area contributed by atoms with Crippen molar-refractivity contribution < 1.29 is 9.59 Å². The van der Waals surface area contributed by atoms with E-state index in [2.05, 4.69) is 15.2 Å². The SMILES string of the molecule is CC(=O)c1c(C)[nH]c(C(=O)CSc2nnc(-c3ccc(Cl)cc3Cl)n2N)c1C. The first-order chi connectivity index (χ1) is 13.2. The fraction of sp³-hybridized carbons (Fsp3) is 0.222. The molecule has 10 heteroatoms. The lowest BCUT2D eigenvalue weighted by Crippen LogP contribution is -2.13. The van der Waals surface area contributed by atoms with Crippen molar-refractivity contribution in [2.45, 2.75) is 25.9 Å². The first kappa shape index (κ1) is 20.4. The summed E-state index contributed by atoms with van der Waals surface area (Å²) >= 11 is 13.3. The number of nitrogens with zero attached hydrogens (tertiary/aromatic N) is 3. The highest BCUT2D eigenvalue weighted by atomic mass is 35.5. The number of aromatic nitrogens is 4. The van der Waals surface area contributed by atoms with Gasteiger partial charge in [0, 0.05) is 21.8 Å². The molecule has 0 saturated carbocycles. The number of nitrogen functional groups attached to an aromatic ring is 1. The van der Waals surface area contributed by atoms with Gasteiger partial charge in [0.1, 0.15) is 0 Å². The number of ketones is 2. The predicted octanol–water partition coefficient (Wildman–Crippen LogP) is 4.09. The molecule has 0 saturated heterocycles. The van der Waals surface area contributed by atoms with Crippen LogP contribution in [0.25, 0.3) is 11.4 Å². The van der Waals surface area contributed by atoms with E-state index in [1.54, 1.807) is 32.0 Å². The summed E-state index contributed by atoms with van der Waals surface area (Å²) in [5.41, 5.74) is 2.88. The largest absolute Gasteiger partial charge is 0.355 e.